The molecule has 0 amide bonds. The van der Waals surface area contributed by atoms with Gasteiger partial charge in [-0.25, -0.2) is 4.79 Å². The third-order valence-electron chi connectivity index (χ3n) is 1.55. The molecule has 0 radical (unpaired) electrons. The second-order valence-electron chi connectivity index (χ2n) is 2.67. The van der Waals surface area contributed by atoms with Gasteiger partial charge in [-0.1, -0.05) is 0 Å². The first-order valence-electron chi connectivity index (χ1n) is 3.85. The van der Waals surface area contributed by atoms with Crippen LogP contribution in [-0.2, 0) is 4.79 Å². The van der Waals surface area contributed by atoms with Gasteiger partial charge in [0.1, 0.15) is 5.75 Å². The van der Waals surface area contributed by atoms with E-state index < -0.39 is 12.1 Å². The van der Waals surface area contributed by atoms with Crippen LogP contribution in [0.1, 0.15) is 6.92 Å². The average molecular weight is 371 g/mol. The molecule has 3 nitrogen and oxygen atoms in total. The van der Waals surface area contributed by atoms with Gasteiger partial charge in [-0.15, -0.1) is 0 Å². The second-order valence-corrected chi connectivity index (χ2v) is 4.77. The van der Waals surface area contributed by atoms with Crippen LogP contribution in [0.3, 0.4) is 0 Å². The summed E-state index contributed by atoms with van der Waals surface area (Å²) in [5.74, 6) is -0.434. The van der Waals surface area contributed by atoms with Gasteiger partial charge in [0, 0.05) is 3.57 Å². The highest BCUT2D eigenvalue weighted by Crippen LogP contribution is 2.27. The smallest absolute Gasteiger partial charge is 0.344 e. The molecular formula is C9H8BrIO3. The lowest BCUT2D eigenvalue weighted by molar-refractivity contribution is -0.144. The third-order valence-corrected chi connectivity index (χ3v) is 2.84. The molecule has 0 saturated heterocycles. The van der Waals surface area contributed by atoms with Crippen molar-refractivity contribution in [1.29, 1.82) is 0 Å². The maximum atomic E-state index is 10.5. The van der Waals surface area contributed by atoms with E-state index in [1.807, 2.05) is 12.1 Å². The lowest BCUT2D eigenvalue weighted by Crippen LogP contribution is -2.23. The summed E-state index contributed by atoms with van der Waals surface area (Å²) in [5, 5.41) is 8.65. The SMILES string of the molecule is CC(Oc1ccc(I)cc1Br)C(=O)O. The minimum Gasteiger partial charge on any atom is -0.479 e. The van der Waals surface area contributed by atoms with Crippen LogP contribution in [-0.4, -0.2) is 17.2 Å². The molecule has 0 heterocycles. The Balaban J connectivity index is 2.82. The minimum atomic E-state index is -0.976. The number of ether oxygens (including phenoxy) is 1. The van der Waals surface area contributed by atoms with Crippen LogP contribution in [0, 0.1) is 3.57 Å². The molecule has 0 saturated carbocycles. The summed E-state index contributed by atoms with van der Waals surface area (Å²) < 4.78 is 7.03. The van der Waals surface area contributed by atoms with Gasteiger partial charge in [0.15, 0.2) is 6.10 Å². The number of hydrogen-bond acceptors (Lipinski definition) is 2. The van der Waals surface area contributed by atoms with Crippen LogP contribution in [0.4, 0.5) is 0 Å². The first-order valence-corrected chi connectivity index (χ1v) is 5.72. The largest absolute Gasteiger partial charge is 0.479 e. The molecule has 1 aromatic rings. The molecule has 0 bridgehead atoms. The number of rotatable bonds is 3. The molecule has 14 heavy (non-hydrogen) atoms. The van der Waals surface area contributed by atoms with Crippen molar-refractivity contribution in [3.63, 3.8) is 0 Å². The van der Waals surface area contributed by atoms with Crippen molar-refractivity contribution in [3.05, 3.63) is 26.2 Å². The van der Waals surface area contributed by atoms with Gasteiger partial charge in [-0.3, -0.25) is 0 Å². The Bertz CT molecular complexity index is 354. The molecule has 1 unspecified atom stereocenters. The monoisotopic (exact) mass is 370 g/mol. The van der Waals surface area contributed by atoms with Gasteiger partial charge in [0.25, 0.3) is 0 Å². The normalized spacial score (nSPS) is 12.2. The number of carboxylic acid groups (broad SMARTS) is 1. The molecular weight excluding hydrogens is 363 g/mol. The molecule has 5 heteroatoms. The van der Waals surface area contributed by atoms with Crippen molar-refractivity contribution in [2.75, 3.05) is 0 Å². The zero-order valence-corrected chi connectivity index (χ0v) is 11.1. The Morgan fingerprint density at radius 1 is 1.64 bits per heavy atom. The topological polar surface area (TPSA) is 46.5 Å². The number of carbonyl (C=O) groups is 1. The lowest BCUT2D eigenvalue weighted by Gasteiger charge is -2.11. The average Bonchev–Trinajstić information content (AvgIpc) is 2.09. The van der Waals surface area contributed by atoms with Gasteiger partial charge in [0.05, 0.1) is 4.47 Å². The van der Waals surface area contributed by atoms with Crippen molar-refractivity contribution < 1.29 is 14.6 Å². The van der Waals surface area contributed by atoms with Crippen LogP contribution in [0.25, 0.3) is 0 Å². The fraction of sp³-hybridized carbons (Fsp3) is 0.222. The molecule has 0 aliphatic carbocycles. The molecule has 0 fully saturated rings. The molecule has 0 aliphatic rings. The molecule has 0 aliphatic heterocycles. The second kappa shape index (κ2) is 4.97. The van der Waals surface area contributed by atoms with E-state index >= 15 is 0 Å². The van der Waals surface area contributed by atoms with Gasteiger partial charge < -0.3 is 9.84 Å². The van der Waals surface area contributed by atoms with E-state index in [0.717, 1.165) is 8.04 Å². The number of hydrogen-bond donors (Lipinski definition) is 1. The Labute approximate surface area is 104 Å². The van der Waals surface area contributed by atoms with Crippen LogP contribution in [0.5, 0.6) is 5.75 Å². The van der Waals surface area contributed by atoms with Crippen molar-refractivity contribution in [2.24, 2.45) is 0 Å². The maximum absolute atomic E-state index is 10.5. The molecule has 1 rings (SSSR count). The first kappa shape index (κ1) is 11.8. The summed E-state index contributed by atoms with van der Waals surface area (Å²) >= 11 is 5.47. The Morgan fingerprint density at radius 2 is 2.29 bits per heavy atom. The van der Waals surface area contributed by atoms with Crippen molar-refractivity contribution in [1.82, 2.24) is 0 Å². The Kier molecular flexibility index (Phi) is 4.18. The summed E-state index contributed by atoms with van der Waals surface area (Å²) in [7, 11) is 0. The predicted molar refractivity (Wildman–Crippen MR) is 64.6 cm³/mol. The van der Waals surface area contributed by atoms with Crippen molar-refractivity contribution in [3.8, 4) is 5.75 Å². The highest BCUT2D eigenvalue weighted by atomic mass is 127. The Morgan fingerprint density at radius 3 is 2.79 bits per heavy atom. The summed E-state index contributed by atoms with van der Waals surface area (Å²) in [6.07, 6.45) is -0.841. The number of carboxylic acids is 1. The van der Waals surface area contributed by atoms with E-state index in [2.05, 4.69) is 38.5 Å². The van der Waals surface area contributed by atoms with Crippen LogP contribution in [0.2, 0.25) is 0 Å². The quantitative estimate of drug-likeness (QED) is 0.832. The van der Waals surface area contributed by atoms with Crippen molar-refractivity contribution in [2.45, 2.75) is 13.0 Å². The van der Waals surface area contributed by atoms with Crippen LogP contribution < -0.4 is 4.74 Å². The zero-order valence-electron chi connectivity index (χ0n) is 7.33. The van der Waals surface area contributed by atoms with E-state index in [1.54, 1.807) is 6.07 Å². The van der Waals surface area contributed by atoms with Crippen LogP contribution in [0.15, 0.2) is 22.7 Å². The molecule has 0 spiro atoms. The lowest BCUT2D eigenvalue weighted by atomic mass is 10.3. The Hall–Kier alpha value is -0.300. The van der Waals surface area contributed by atoms with E-state index in [1.165, 1.54) is 6.92 Å². The molecule has 0 aromatic heterocycles. The van der Waals surface area contributed by atoms with Gasteiger partial charge in [0.2, 0.25) is 0 Å². The molecule has 1 atom stereocenters. The van der Waals surface area contributed by atoms with Gasteiger partial charge in [-0.2, -0.15) is 0 Å². The van der Waals surface area contributed by atoms with Crippen LogP contribution >= 0.6 is 38.5 Å². The molecule has 1 aromatic carbocycles. The van der Waals surface area contributed by atoms with Crippen molar-refractivity contribution >= 4 is 44.5 Å². The van der Waals surface area contributed by atoms with E-state index in [-0.39, 0.29) is 0 Å². The summed E-state index contributed by atoms with van der Waals surface area (Å²) in [6, 6.07) is 5.46. The zero-order chi connectivity index (χ0) is 10.7. The van der Waals surface area contributed by atoms with E-state index in [0.29, 0.717) is 5.75 Å². The fourth-order valence-corrected chi connectivity index (χ4v) is 2.20. The number of halogens is 2. The molecule has 76 valence electrons. The number of benzene rings is 1. The number of aliphatic carboxylic acids is 1. The first-order chi connectivity index (χ1) is 6.50. The standard InChI is InChI=1S/C9H8BrIO3/c1-5(9(12)13)14-8-3-2-6(11)4-7(8)10/h2-5H,1H3,(H,12,13). The fourth-order valence-electron chi connectivity index (χ4n) is 0.812. The predicted octanol–water partition coefficient (Wildman–Crippen LogP) is 2.91. The third kappa shape index (κ3) is 3.13. The van der Waals surface area contributed by atoms with E-state index in [9.17, 15) is 4.79 Å². The summed E-state index contributed by atoms with van der Waals surface area (Å²) in [6.45, 7) is 1.49. The van der Waals surface area contributed by atoms with Gasteiger partial charge in [-0.05, 0) is 63.6 Å². The van der Waals surface area contributed by atoms with Gasteiger partial charge >= 0.3 is 5.97 Å². The highest BCUT2D eigenvalue weighted by Gasteiger charge is 2.13. The highest BCUT2D eigenvalue weighted by molar-refractivity contribution is 14.1. The summed E-state index contributed by atoms with van der Waals surface area (Å²) in [4.78, 5) is 10.5. The van der Waals surface area contributed by atoms with E-state index in [4.69, 9.17) is 9.84 Å². The maximum Gasteiger partial charge on any atom is 0.344 e. The molecule has 1 N–H and O–H groups in total. The minimum absolute atomic E-state index is 0.542. The summed E-state index contributed by atoms with van der Waals surface area (Å²) in [5.41, 5.74) is 0.